The summed E-state index contributed by atoms with van der Waals surface area (Å²) in [5.41, 5.74) is 5.27. The number of aromatic nitrogens is 1. The van der Waals surface area contributed by atoms with E-state index in [-0.39, 0.29) is 18.1 Å². The first-order valence-electron chi connectivity index (χ1n) is 12.8. The maximum atomic E-state index is 10.5. The summed E-state index contributed by atoms with van der Waals surface area (Å²) in [5, 5.41) is 12.5. The van der Waals surface area contributed by atoms with Gasteiger partial charge >= 0.3 is 0 Å². The van der Waals surface area contributed by atoms with Crippen molar-refractivity contribution in [3.8, 4) is 5.75 Å². The van der Waals surface area contributed by atoms with Crippen LogP contribution in [-0.2, 0) is 4.84 Å². The number of hydrogen-bond donors (Lipinski definition) is 2. The number of benzene rings is 1. The van der Waals surface area contributed by atoms with Crippen molar-refractivity contribution >= 4 is 22.7 Å². The highest BCUT2D eigenvalue weighted by Crippen LogP contribution is 2.38. The molecule has 188 valence electrons. The Balaban J connectivity index is 1.41. The number of aliphatic hydroxyl groups excluding tert-OH is 1. The molecule has 0 amide bonds. The molecule has 2 atom stereocenters. The first-order chi connectivity index (χ1) is 16.7. The SMILES string of the molecule is CON[C@H](CC[C@]1(CO)CCCN(CCSC2CCCC2)C1)c1ccnc2ccc(OC)cc12. The summed E-state index contributed by atoms with van der Waals surface area (Å²) in [6, 6.07) is 8.07. The zero-order chi connectivity index (χ0) is 23.8. The Labute approximate surface area is 208 Å². The van der Waals surface area contributed by atoms with E-state index in [1.54, 1.807) is 14.2 Å². The lowest BCUT2D eigenvalue weighted by Gasteiger charge is -2.42. The summed E-state index contributed by atoms with van der Waals surface area (Å²) >= 11 is 2.16. The van der Waals surface area contributed by atoms with E-state index in [1.165, 1.54) is 31.4 Å². The largest absolute Gasteiger partial charge is 0.497 e. The van der Waals surface area contributed by atoms with Gasteiger partial charge in [-0.2, -0.15) is 17.2 Å². The number of likely N-dealkylation sites (tertiary alicyclic amines) is 1. The number of hydroxylamine groups is 1. The van der Waals surface area contributed by atoms with Crippen LogP contribution in [0.2, 0.25) is 0 Å². The Morgan fingerprint density at radius 1 is 1.24 bits per heavy atom. The molecule has 7 heteroatoms. The van der Waals surface area contributed by atoms with E-state index >= 15 is 0 Å². The number of methoxy groups -OCH3 is 1. The van der Waals surface area contributed by atoms with E-state index in [4.69, 9.17) is 9.57 Å². The van der Waals surface area contributed by atoms with E-state index in [0.29, 0.717) is 0 Å². The highest BCUT2D eigenvalue weighted by atomic mass is 32.2. The molecule has 4 rings (SSSR count). The third-order valence-corrected chi connectivity index (χ3v) is 9.08. The third-order valence-electron chi connectivity index (χ3n) is 7.72. The van der Waals surface area contributed by atoms with Gasteiger partial charge in [-0.05, 0) is 74.9 Å². The average molecular weight is 488 g/mol. The minimum Gasteiger partial charge on any atom is -0.497 e. The molecule has 2 aliphatic rings. The molecule has 2 heterocycles. The van der Waals surface area contributed by atoms with Gasteiger partial charge in [0.05, 0.1) is 25.8 Å². The molecule has 1 aromatic heterocycles. The molecular formula is C27H41N3O3S. The molecule has 0 bridgehead atoms. The van der Waals surface area contributed by atoms with Gasteiger partial charge in [0.1, 0.15) is 5.75 Å². The second kappa shape index (κ2) is 12.5. The first kappa shape index (κ1) is 25.7. The number of rotatable bonds is 12. The van der Waals surface area contributed by atoms with Crippen LogP contribution in [0, 0.1) is 5.41 Å². The third kappa shape index (κ3) is 6.43. The van der Waals surface area contributed by atoms with E-state index in [9.17, 15) is 5.11 Å². The average Bonchev–Trinajstić information content (AvgIpc) is 3.40. The summed E-state index contributed by atoms with van der Waals surface area (Å²) in [6.45, 7) is 3.52. The van der Waals surface area contributed by atoms with Crippen LogP contribution in [0.1, 0.15) is 63.0 Å². The second-order valence-electron chi connectivity index (χ2n) is 10.0. The monoisotopic (exact) mass is 487 g/mol. The van der Waals surface area contributed by atoms with Crippen molar-refractivity contribution in [2.24, 2.45) is 5.41 Å². The Kier molecular flexibility index (Phi) is 9.48. The normalized spacial score (nSPS) is 22.9. The molecule has 1 saturated heterocycles. The minimum absolute atomic E-state index is 0.0133. The summed E-state index contributed by atoms with van der Waals surface area (Å²) in [5.74, 6) is 2.04. The minimum atomic E-state index is -0.0511. The lowest BCUT2D eigenvalue weighted by Crippen LogP contribution is -2.46. The van der Waals surface area contributed by atoms with E-state index in [1.807, 2.05) is 24.4 Å². The van der Waals surface area contributed by atoms with Crippen LogP contribution < -0.4 is 10.2 Å². The molecule has 6 nitrogen and oxygen atoms in total. The molecule has 1 aromatic carbocycles. The van der Waals surface area contributed by atoms with Gasteiger partial charge in [-0.15, -0.1) is 0 Å². The molecule has 2 N–H and O–H groups in total. The molecule has 1 aliphatic carbocycles. The van der Waals surface area contributed by atoms with Crippen molar-refractivity contribution in [2.45, 2.75) is 62.7 Å². The fraction of sp³-hybridized carbons (Fsp3) is 0.667. The van der Waals surface area contributed by atoms with Crippen LogP contribution >= 0.6 is 11.8 Å². The first-order valence-corrected chi connectivity index (χ1v) is 13.9. The molecule has 1 aliphatic heterocycles. The summed E-state index contributed by atoms with van der Waals surface area (Å²) in [4.78, 5) is 12.5. The smallest absolute Gasteiger partial charge is 0.119 e. The Bertz CT molecular complexity index is 908. The quantitative estimate of drug-likeness (QED) is 0.410. The van der Waals surface area contributed by atoms with Gasteiger partial charge in [0.15, 0.2) is 0 Å². The summed E-state index contributed by atoms with van der Waals surface area (Å²) in [6.07, 6.45) is 11.5. The Morgan fingerprint density at radius 2 is 2.09 bits per heavy atom. The number of fused-ring (bicyclic) bond motifs is 1. The predicted octanol–water partition coefficient (Wildman–Crippen LogP) is 4.97. The number of piperidine rings is 1. The maximum Gasteiger partial charge on any atom is 0.119 e. The van der Waals surface area contributed by atoms with Crippen LogP contribution in [0.3, 0.4) is 0 Å². The highest BCUT2D eigenvalue weighted by molar-refractivity contribution is 7.99. The topological polar surface area (TPSA) is 66.8 Å². The van der Waals surface area contributed by atoms with Crippen LogP contribution in [0.4, 0.5) is 0 Å². The Morgan fingerprint density at radius 3 is 2.85 bits per heavy atom. The number of hydrogen-bond acceptors (Lipinski definition) is 7. The molecule has 1 saturated carbocycles. The molecular weight excluding hydrogens is 446 g/mol. The van der Waals surface area contributed by atoms with Gasteiger partial charge in [-0.1, -0.05) is 12.8 Å². The van der Waals surface area contributed by atoms with Crippen molar-refractivity contribution < 1.29 is 14.7 Å². The van der Waals surface area contributed by atoms with Crippen molar-refractivity contribution in [1.82, 2.24) is 15.4 Å². The lowest BCUT2D eigenvalue weighted by atomic mass is 9.75. The number of thioether (sulfide) groups is 1. The molecule has 2 fully saturated rings. The predicted molar refractivity (Wildman–Crippen MR) is 140 cm³/mol. The van der Waals surface area contributed by atoms with Gasteiger partial charge < -0.3 is 19.6 Å². The molecule has 34 heavy (non-hydrogen) atoms. The summed E-state index contributed by atoms with van der Waals surface area (Å²) < 4.78 is 5.46. The maximum absolute atomic E-state index is 10.5. The van der Waals surface area contributed by atoms with Crippen molar-refractivity contribution in [2.75, 3.05) is 46.2 Å². The van der Waals surface area contributed by atoms with Gasteiger partial charge in [0.25, 0.3) is 0 Å². The van der Waals surface area contributed by atoms with E-state index in [0.717, 1.165) is 72.8 Å². The van der Waals surface area contributed by atoms with Crippen molar-refractivity contribution in [3.05, 3.63) is 36.0 Å². The van der Waals surface area contributed by atoms with Crippen LogP contribution in [0.25, 0.3) is 10.9 Å². The van der Waals surface area contributed by atoms with Crippen LogP contribution in [0.15, 0.2) is 30.5 Å². The van der Waals surface area contributed by atoms with Crippen molar-refractivity contribution in [3.63, 3.8) is 0 Å². The number of ether oxygens (including phenoxy) is 1. The number of aliphatic hydroxyl groups is 1. The van der Waals surface area contributed by atoms with Gasteiger partial charge in [0, 0.05) is 47.7 Å². The molecule has 2 aromatic rings. The zero-order valence-electron chi connectivity index (χ0n) is 20.8. The zero-order valence-corrected chi connectivity index (χ0v) is 21.6. The molecule has 0 spiro atoms. The van der Waals surface area contributed by atoms with Crippen LogP contribution in [-0.4, -0.2) is 66.5 Å². The highest BCUT2D eigenvalue weighted by Gasteiger charge is 2.35. The fourth-order valence-electron chi connectivity index (χ4n) is 5.76. The number of nitrogens with one attached hydrogen (secondary N) is 1. The van der Waals surface area contributed by atoms with Gasteiger partial charge in [0.2, 0.25) is 0 Å². The second-order valence-corrected chi connectivity index (χ2v) is 11.4. The number of nitrogens with zero attached hydrogens (tertiary/aromatic N) is 2. The summed E-state index contributed by atoms with van der Waals surface area (Å²) in [7, 11) is 3.36. The lowest BCUT2D eigenvalue weighted by molar-refractivity contribution is 0.0123. The van der Waals surface area contributed by atoms with E-state index in [2.05, 4.69) is 33.2 Å². The van der Waals surface area contributed by atoms with E-state index < -0.39 is 0 Å². The fourth-order valence-corrected chi connectivity index (χ4v) is 7.13. The van der Waals surface area contributed by atoms with Gasteiger partial charge in [-0.3, -0.25) is 4.98 Å². The van der Waals surface area contributed by atoms with Gasteiger partial charge in [-0.25, -0.2) is 0 Å². The van der Waals surface area contributed by atoms with Crippen LogP contribution in [0.5, 0.6) is 5.75 Å². The van der Waals surface area contributed by atoms with Crippen molar-refractivity contribution in [1.29, 1.82) is 0 Å². The Hall–Kier alpha value is -1.38. The molecule has 0 unspecified atom stereocenters. The number of pyridine rings is 1. The standard InChI is InChI=1S/C27H41N3O3S/c1-32-21-8-9-25-24(18-21)23(11-14-28-25)26(29-33-2)10-13-27(20-31)12-5-15-30(19-27)16-17-34-22-6-3-4-7-22/h8-9,11,14,18,22,26,29,31H,3-7,10,12-13,15-17,19-20H2,1-2H3/t26-,27-/m1/s1. The molecule has 0 radical (unpaired) electrons.